The standard InChI is InChI=1S/C14H16N2O3/c17-14(9-11-5-2-1-3-6-11)15-12-7-4-8-13(10-12)16(18)19/h4,7-10H,1-3,5-6H2,(H,15,17). The van der Waals surface area contributed by atoms with Gasteiger partial charge >= 0.3 is 0 Å². The lowest BCUT2D eigenvalue weighted by Gasteiger charge is -2.13. The van der Waals surface area contributed by atoms with Gasteiger partial charge in [0.15, 0.2) is 0 Å². The van der Waals surface area contributed by atoms with Crippen molar-refractivity contribution in [2.24, 2.45) is 0 Å². The van der Waals surface area contributed by atoms with Crippen molar-refractivity contribution in [3.8, 4) is 0 Å². The lowest BCUT2D eigenvalue weighted by atomic mass is 9.94. The van der Waals surface area contributed by atoms with Crippen LogP contribution in [0.25, 0.3) is 0 Å². The van der Waals surface area contributed by atoms with E-state index < -0.39 is 4.92 Å². The molecule has 1 aliphatic rings. The molecule has 0 spiro atoms. The maximum absolute atomic E-state index is 11.8. The number of hydrogen-bond donors (Lipinski definition) is 1. The van der Waals surface area contributed by atoms with Crippen LogP contribution >= 0.6 is 0 Å². The topological polar surface area (TPSA) is 72.2 Å². The van der Waals surface area contributed by atoms with E-state index in [1.165, 1.54) is 18.6 Å². The van der Waals surface area contributed by atoms with Crippen LogP contribution in [0.5, 0.6) is 0 Å². The van der Waals surface area contributed by atoms with Crippen molar-refractivity contribution in [1.82, 2.24) is 0 Å². The van der Waals surface area contributed by atoms with Gasteiger partial charge in [0.05, 0.1) is 4.92 Å². The minimum Gasteiger partial charge on any atom is -0.322 e. The van der Waals surface area contributed by atoms with E-state index >= 15 is 0 Å². The molecular weight excluding hydrogens is 244 g/mol. The molecule has 2 rings (SSSR count). The molecule has 100 valence electrons. The first-order chi connectivity index (χ1) is 9.15. The Morgan fingerprint density at radius 3 is 2.68 bits per heavy atom. The number of benzene rings is 1. The summed E-state index contributed by atoms with van der Waals surface area (Å²) in [5.74, 6) is -0.211. The zero-order valence-electron chi connectivity index (χ0n) is 10.6. The van der Waals surface area contributed by atoms with Gasteiger partial charge in [-0.25, -0.2) is 0 Å². The Kier molecular flexibility index (Phi) is 4.28. The van der Waals surface area contributed by atoms with E-state index in [0.717, 1.165) is 31.3 Å². The van der Waals surface area contributed by atoms with Gasteiger partial charge in [-0.1, -0.05) is 18.1 Å². The second-order valence-corrected chi connectivity index (χ2v) is 4.66. The summed E-state index contributed by atoms with van der Waals surface area (Å²) in [7, 11) is 0. The maximum Gasteiger partial charge on any atom is 0.271 e. The van der Waals surface area contributed by atoms with E-state index in [2.05, 4.69) is 5.32 Å². The summed E-state index contributed by atoms with van der Waals surface area (Å²) in [6, 6.07) is 5.96. The average molecular weight is 260 g/mol. The molecule has 0 heterocycles. The second-order valence-electron chi connectivity index (χ2n) is 4.66. The monoisotopic (exact) mass is 260 g/mol. The first-order valence-corrected chi connectivity index (χ1v) is 6.40. The van der Waals surface area contributed by atoms with Gasteiger partial charge < -0.3 is 5.32 Å². The lowest BCUT2D eigenvalue weighted by molar-refractivity contribution is -0.384. The van der Waals surface area contributed by atoms with Gasteiger partial charge in [-0.05, 0) is 31.7 Å². The van der Waals surface area contributed by atoms with Crippen molar-refractivity contribution in [3.63, 3.8) is 0 Å². The summed E-state index contributed by atoms with van der Waals surface area (Å²) in [5.41, 5.74) is 1.59. The molecule has 1 aromatic rings. The van der Waals surface area contributed by atoms with Crippen LogP contribution in [-0.4, -0.2) is 10.8 Å². The van der Waals surface area contributed by atoms with Gasteiger partial charge in [0, 0.05) is 23.9 Å². The Balaban J connectivity index is 2.02. The number of non-ortho nitro benzene ring substituents is 1. The first-order valence-electron chi connectivity index (χ1n) is 6.40. The van der Waals surface area contributed by atoms with Crippen LogP contribution in [0.4, 0.5) is 11.4 Å². The molecule has 1 saturated carbocycles. The molecular formula is C14H16N2O3. The van der Waals surface area contributed by atoms with Crippen molar-refractivity contribution >= 4 is 17.3 Å². The van der Waals surface area contributed by atoms with Crippen molar-refractivity contribution in [2.75, 3.05) is 5.32 Å². The van der Waals surface area contributed by atoms with Crippen LogP contribution in [0.15, 0.2) is 35.9 Å². The number of carbonyl (C=O) groups excluding carboxylic acids is 1. The highest BCUT2D eigenvalue weighted by Crippen LogP contribution is 2.23. The van der Waals surface area contributed by atoms with E-state index in [1.54, 1.807) is 18.2 Å². The number of carbonyl (C=O) groups is 1. The number of rotatable bonds is 3. The number of nitrogens with one attached hydrogen (secondary N) is 1. The van der Waals surface area contributed by atoms with Crippen molar-refractivity contribution in [2.45, 2.75) is 32.1 Å². The third kappa shape index (κ3) is 3.91. The fourth-order valence-electron chi connectivity index (χ4n) is 2.21. The molecule has 1 aromatic carbocycles. The van der Waals surface area contributed by atoms with Crippen LogP contribution in [0.3, 0.4) is 0 Å². The third-order valence-electron chi connectivity index (χ3n) is 3.16. The van der Waals surface area contributed by atoms with E-state index in [-0.39, 0.29) is 11.6 Å². The van der Waals surface area contributed by atoms with Crippen molar-refractivity contribution < 1.29 is 9.72 Å². The predicted octanol–water partition coefficient (Wildman–Crippen LogP) is 3.42. The normalized spacial score (nSPS) is 14.8. The number of amides is 1. The molecule has 0 aromatic heterocycles. The molecule has 5 nitrogen and oxygen atoms in total. The van der Waals surface area contributed by atoms with E-state index in [4.69, 9.17) is 0 Å². The zero-order valence-corrected chi connectivity index (χ0v) is 10.6. The molecule has 19 heavy (non-hydrogen) atoms. The summed E-state index contributed by atoms with van der Waals surface area (Å²) in [6.45, 7) is 0. The molecule has 0 saturated heterocycles. The molecule has 0 bridgehead atoms. The van der Waals surface area contributed by atoms with Crippen LogP contribution in [0.1, 0.15) is 32.1 Å². The highest BCUT2D eigenvalue weighted by atomic mass is 16.6. The molecule has 5 heteroatoms. The maximum atomic E-state index is 11.8. The molecule has 1 aliphatic carbocycles. The Hall–Kier alpha value is -2.17. The summed E-state index contributed by atoms with van der Waals surface area (Å²) in [6.07, 6.45) is 7.07. The minimum atomic E-state index is -0.477. The first kappa shape index (κ1) is 13.3. The van der Waals surface area contributed by atoms with Crippen molar-refractivity contribution in [1.29, 1.82) is 0 Å². The van der Waals surface area contributed by atoms with Gasteiger partial charge in [0.2, 0.25) is 5.91 Å². The smallest absolute Gasteiger partial charge is 0.271 e. The highest BCUT2D eigenvalue weighted by molar-refractivity contribution is 5.99. The highest BCUT2D eigenvalue weighted by Gasteiger charge is 2.09. The molecule has 0 radical (unpaired) electrons. The van der Waals surface area contributed by atoms with Crippen molar-refractivity contribution in [3.05, 3.63) is 46.0 Å². The largest absolute Gasteiger partial charge is 0.322 e. The molecule has 1 fully saturated rings. The zero-order chi connectivity index (χ0) is 13.7. The summed E-state index contributed by atoms with van der Waals surface area (Å²) in [5, 5.41) is 13.3. The summed E-state index contributed by atoms with van der Waals surface area (Å²) in [4.78, 5) is 22.0. The minimum absolute atomic E-state index is 0.0249. The van der Waals surface area contributed by atoms with E-state index in [0.29, 0.717) is 5.69 Å². The number of hydrogen-bond acceptors (Lipinski definition) is 3. The van der Waals surface area contributed by atoms with E-state index in [1.807, 2.05) is 0 Å². The second kappa shape index (κ2) is 6.13. The Morgan fingerprint density at radius 2 is 2.00 bits per heavy atom. The van der Waals surface area contributed by atoms with Crippen LogP contribution in [0, 0.1) is 10.1 Å². The SMILES string of the molecule is O=C(C=C1CCCCC1)Nc1cccc([N+](=O)[O-])c1. The molecule has 1 amide bonds. The van der Waals surface area contributed by atoms with Gasteiger partial charge in [-0.3, -0.25) is 14.9 Å². The van der Waals surface area contributed by atoms with Crippen LogP contribution in [-0.2, 0) is 4.79 Å². The third-order valence-corrected chi connectivity index (χ3v) is 3.16. The molecule has 1 N–H and O–H groups in total. The van der Waals surface area contributed by atoms with Crippen LogP contribution in [0.2, 0.25) is 0 Å². The van der Waals surface area contributed by atoms with Gasteiger partial charge in [0.1, 0.15) is 0 Å². The van der Waals surface area contributed by atoms with E-state index in [9.17, 15) is 14.9 Å². The quantitative estimate of drug-likeness (QED) is 0.514. The Morgan fingerprint density at radius 1 is 1.26 bits per heavy atom. The number of nitrogens with zero attached hydrogens (tertiary/aromatic N) is 1. The fraction of sp³-hybridized carbons (Fsp3) is 0.357. The number of anilines is 1. The Labute approximate surface area is 111 Å². The lowest BCUT2D eigenvalue weighted by Crippen LogP contribution is -2.10. The van der Waals surface area contributed by atoms with Gasteiger partial charge in [0.25, 0.3) is 5.69 Å². The Bertz CT molecular complexity index is 515. The number of allylic oxidation sites excluding steroid dienone is 1. The predicted molar refractivity (Wildman–Crippen MR) is 72.9 cm³/mol. The van der Waals surface area contributed by atoms with Crippen LogP contribution < -0.4 is 5.32 Å². The molecule has 0 unspecified atom stereocenters. The van der Waals surface area contributed by atoms with Gasteiger partial charge in [-0.2, -0.15) is 0 Å². The fourth-order valence-corrected chi connectivity index (χ4v) is 2.21. The summed E-state index contributed by atoms with van der Waals surface area (Å²) < 4.78 is 0. The molecule has 0 atom stereocenters. The van der Waals surface area contributed by atoms with Gasteiger partial charge in [-0.15, -0.1) is 0 Å². The molecule has 0 aliphatic heterocycles. The summed E-state index contributed by atoms with van der Waals surface area (Å²) >= 11 is 0. The number of nitro groups is 1. The number of nitro benzene ring substituents is 1. The average Bonchev–Trinajstić information content (AvgIpc) is 2.40.